The monoisotopic (exact) mass is 366 g/mol. The molecule has 1 fully saturated rings. The van der Waals surface area contributed by atoms with Gasteiger partial charge >= 0.3 is 0 Å². The highest BCUT2D eigenvalue weighted by atomic mass is 16.2. The molecule has 0 saturated carbocycles. The first-order valence-electron chi connectivity index (χ1n) is 9.39. The van der Waals surface area contributed by atoms with Crippen molar-refractivity contribution in [2.24, 2.45) is 11.7 Å². The standard InChI is InChI=1S/C21H26N4O2/c1-2-24-10-11-25(20(26)13-22)15-18(21(24)27)12-16-6-3-4-8-19(16)17-7-5-9-23-14-17/h3-9,14,18H,2,10-13,15,22H2,1H3. The number of pyridine rings is 1. The third-order valence-corrected chi connectivity index (χ3v) is 5.11. The van der Waals surface area contributed by atoms with Gasteiger partial charge in [-0.3, -0.25) is 14.6 Å². The largest absolute Gasteiger partial charge is 0.341 e. The molecule has 1 aliphatic heterocycles. The Balaban J connectivity index is 1.90. The van der Waals surface area contributed by atoms with Gasteiger partial charge in [-0.15, -0.1) is 0 Å². The molecule has 0 bridgehead atoms. The van der Waals surface area contributed by atoms with Gasteiger partial charge in [0.2, 0.25) is 11.8 Å². The number of amides is 2. The third kappa shape index (κ3) is 4.34. The lowest BCUT2D eigenvalue weighted by atomic mass is 9.91. The predicted octanol–water partition coefficient (Wildman–Crippen LogP) is 1.56. The highest BCUT2D eigenvalue weighted by Gasteiger charge is 2.31. The summed E-state index contributed by atoms with van der Waals surface area (Å²) >= 11 is 0. The molecule has 0 radical (unpaired) electrons. The highest BCUT2D eigenvalue weighted by Crippen LogP contribution is 2.26. The van der Waals surface area contributed by atoms with Gasteiger partial charge in [0.25, 0.3) is 0 Å². The topological polar surface area (TPSA) is 79.5 Å². The Kier molecular flexibility index (Phi) is 6.19. The summed E-state index contributed by atoms with van der Waals surface area (Å²) in [5.74, 6) is -0.280. The number of hydrogen-bond acceptors (Lipinski definition) is 4. The number of likely N-dealkylation sites (N-methyl/N-ethyl adjacent to an activating group) is 1. The summed E-state index contributed by atoms with van der Waals surface area (Å²) in [6.07, 6.45) is 4.15. The van der Waals surface area contributed by atoms with Gasteiger partial charge in [-0.25, -0.2) is 0 Å². The van der Waals surface area contributed by atoms with Crippen LogP contribution in [0.3, 0.4) is 0 Å². The molecule has 0 spiro atoms. The van der Waals surface area contributed by atoms with Crippen LogP contribution in [-0.2, 0) is 16.0 Å². The van der Waals surface area contributed by atoms with E-state index in [4.69, 9.17) is 5.73 Å². The fraction of sp³-hybridized carbons (Fsp3) is 0.381. The summed E-state index contributed by atoms with van der Waals surface area (Å²) < 4.78 is 0. The fourth-order valence-corrected chi connectivity index (χ4v) is 3.63. The van der Waals surface area contributed by atoms with Crippen LogP contribution in [-0.4, -0.2) is 59.3 Å². The Labute approximate surface area is 160 Å². The van der Waals surface area contributed by atoms with Crippen molar-refractivity contribution in [2.75, 3.05) is 32.7 Å². The van der Waals surface area contributed by atoms with Gasteiger partial charge in [0.15, 0.2) is 0 Å². The molecule has 2 aromatic rings. The van der Waals surface area contributed by atoms with Crippen LogP contribution < -0.4 is 5.73 Å². The van der Waals surface area contributed by atoms with Crippen molar-refractivity contribution in [3.8, 4) is 11.1 Å². The van der Waals surface area contributed by atoms with Crippen molar-refractivity contribution < 1.29 is 9.59 Å². The smallest absolute Gasteiger partial charge is 0.236 e. The third-order valence-electron chi connectivity index (χ3n) is 5.11. The van der Waals surface area contributed by atoms with Gasteiger partial charge in [0.05, 0.1) is 12.5 Å². The Morgan fingerprint density at radius 1 is 1.22 bits per heavy atom. The lowest BCUT2D eigenvalue weighted by molar-refractivity contribution is -0.134. The van der Waals surface area contributed by atoms with Crippen molar-refractivity contribution in [1.82, 2.24) is 14.8 Å². The summed E-state index contributed by atoms with van der Waals surface area (Å²) in [6, 6.07) is 12.0. The van der Waals surface area contributed by atoms with E-state index in [9.17, 15) is 9.59 Å². The molecule has 6 heteroatoms. The molecular formula is C21H26N4O2. The maximum atomic E-state index is 13.0. The second-order valence-corrected chi connectivity index (χ2v) is 6.76. The average Bonchev–Trinajstić information content (AvgIpc) is 2.87. The van der Waals surface area contributed by atoms with Crippen molar-refractivity contribution >= 4 is 11.8 Å². The minimum absolute atomic E-state index is 0.0285. The first-order chi connectivity index (χ1) is 13.1. The number of hydrogen-bond donors (Lipinski definition) is 1. The second-order valence-electron chi connectivity index (χ2n) is 6.76. The van der Waals surface area contributed by atoms with E-state index in [1.807, 2.05) is 54.4 Å². The molecule has 2 N–H and O–H groups in total. The highest BCUT2D eigenvalue weighted by molar-refractivity contribution is 5.83. The molecule has 142 valence electrons. The number of nitrogens with zero attached hydrogens (tertiary/aromatic N) is 3. The molecule has 1 aromatic heterocycles. The molecule has 1 aliphatic rings. The maximum Gasteiger partial charge on any atom is 0.236 e. The van der Waals surface area contributed by atoms with Crippen LogP contribution in [0.2, 0.25) is 0 Å². The van der Waals surface area contributed by atoms with Crippen LogP contribution in [0.25, 0.3) is 11.1 Å². The minimum Gasteiger partial charge on any atom is -0.341 e. The molecule has 6 nitrogen and oxygen atoms in total. The molecular weight excluding hydrogens is 340 g/mol. The van der Waals surface area contributed by atoms with Crippen LogP contribution in [0.5, 0.6) is 0 Å². The Hall–Kier alpha value is -2.73. The minimum atomic E-state index is -0.277. The number of carbonyl (C=O) groups is 2. The lowest BCUT2D eigenvalue weighted by Crippen LogP contribution is -2.40. The van der Waals surface area contributed by atoms with Gasteiger partial charge in [-0.05, 0) is 30.5 Å². The summed E-state index contributed by atoms with van der Waals surface area (Å²) in [5.41, 5.74) is 8.74. The first kappa shape index (κ1) is 19.0. The van der Waals surface area contributed by atoms with Crippen LogP contribution in [0.15, 0.2) is 48.8 Å². The second kappa shape index (κ2) is 8.77. The van der Waals surface area contributed by atoms with Gasteiger partial charge < -0.3 is 15.5 Å². The molecule has 3 rings (SSSR count). The Morgan fingerprint density at radius 2 is 2.04 bits per heavy atom. The van der Waals surface area contributed by atoms with E-state index in [0.29, 0.717) is 32.6 Å². The van der Waals surface area contributed by atoms with Crippen molar-refractivity contribution in [3.05, 3.63) is 54.4 Å². The van der Waals surface area contributed by atoms with Gasteiger partial charge in [-0.1, -0.05) is 30.3 Å². The molecule has 1 unspecified atom stereocenters. The van der Waals surface area contributed by atoms with E-state index in [-0.39, 0.29) is 24.3 Å². The zero-order chi connectivity index (χ0) is 19.2. The van der Waals surface area contributed by atoms with Crippen LogP contribution in [0, 0.1) is 5.92 Å². The fourth-order valence-electron chi connectivity index (χ4n) is 3.63. The van der Waals surface area contributed by atoms with Crippen molar-refractivity contribution in [1.29, 1.82) is 0 Å². The van der Waals surface area contributed by atoms with Crippen LogP contribution >= 0.6 is 0 Å². The summed E-state index contributed by atoms with van der Waals surface area (Å²) in [4.78, 5) is 33.0. The number of benzene rings is 1. The summed E-state index contributed by atoms with van der Waals surface area (Å²) in [6.45, 7) is 4.09. The molecule has 27 heavy (non-hydrogen) atoms. The Morgan fingerprint density at radius 3 is 2.74 bits per heavy atom. The molecule has 1 aromatic carbocycles. The molecule has 2 amide bonds. The molecule has 2 heterocycles. The Bertz CT molecular complexity index is 794. The molecule has 1 saturated heterocycles. The quantitative estimate of drug-likeness (QED) is 0.871. The number of rotatable bonds is 5. The van der Waals surface area contributed by atoms with E-state index in [0.717, 1.165) is 16.7 Å². The van der Waals surface area contributed by atoms with Crippen molar-refractivity contribution in [3.63, 3.8) is 0 Å². The zero-order valence-corrected chi connectivity index (χ0v) is 15.7. The number of aromatic nitrogens is 1. The van der Waals surface area contributed by atoms with Crippen LogP contribution in [0.1, 0.15) is 12.5 Å². The normalized spacial score (nSPS) is 17.7. The van der Waals surface area contributed by atoms with Crippen LogP contribution in [0.4, 0.5) is 0 Å². The van der Waals surface area contributed by atoms with Crippen molar-refractivity contribution in [2.45, 2.75) is 13.3 Å². The van der Waals surface area contributed by atoms with Gasteiger partial charge in [0, 0.05) is 44.1 Å². The summed E-state index contributed by atoms with van der Waals surface area (Å²) in [7, 11) is 0. The van der Waals surface area contributed by atoms with E-state index in [1.165, 1.54) is 0 Å². The predicted molar refractivity (Wildman–Crippen MR) is 105 cm³/mol. The van der Waals surface area contributed by atoms with Gasteiger partial charge in [0.1, 0.15) is 0 Å². The first-order valence-corrected chi connectivity index (χ1v) is 9.39. The molecule has 0 aliphatic carbocycles. The average molecular weight is 366 g/mol. The summed E-state index contributed by atoms with van der Waals surface area (Å²) in [5, 5.41) is 0. The zero-order valence-electron chi connectivity index (χ0n) is 15.7. The maximum absolute atomic E-state index is 13.0. The number of carbonyl (C=O) groups excluding carboxylic acids is 2. The molecule has 1 atom stereocenters. The lowest BCUT2D eigenvalue weighted by Gasteiger charge is -2.24. The van der Waals surface area contributed by atoms with E-state index in [2.05, 4.69) is 4.98 Å². The van der Waals surface area contributed by atoms with Gasteiger partial charge in [-0.2, -0.15) is 0 Å². The van der Waals surface area contributed by atoms with E-state index < -0.39 is 0 Å². The SMILES string of the molecule is CCN1CCN(C(=O)CN)CC(Cc2ccccc2-c2cccnc2)C1=O. The van der Waals surface area contributed by atoms with E-state index >= 15 is 0 Å². The number of nitrogens with two attached hydrogens (primary N) is 1. The van der Waals surface area contributed by atoms with E-state index in [1.54, 1.807) is 11.1 Å².